The fourth-order valence-corrected chi connectivity index (χ4v) is 1.92. The van der Waals surface area contributed by atoms with Gasteiger partial charge in [-0.05, 0) is 50.6 Å². The van der Waals surface area contributed by atoms with Crippen LogP contribution in [0.3, 0.4) is 0 Å². The standard InChI is InChI=1S/C10H15NS/c1-6-7(2)9(4)11-10(12-5)8(6)3/h1-5H3. The molecule has 0 aliphatic heterocycles. The molecule has 0 saturated heterocycles. The summed E-state index contributed by atoms with van der Waals surface area (Å²) in [6.45, 7) is 8.51. The molecule has 0 aliphatic rings. The van der Waals surface area contributed by atoms with Crippen molar-refractivity contribution in [3.8, 4) is 0 Å². The van der Waals surface area contributed by atoms with Crippen LogP contribution in [0.4, 0.5) is 0 Å². The molecule has 66 valence electrons. The summed E-state index contributed by atoms with van der Waals surface area (Å²) in [5.74, 6) is 0. The number of hydrogen-bond acceptors (Lipinski definition) is 2. The van der Waals surface area contributed by atoms with Crippen molar-refractivity contribution in [1.29, 1.82) is 0 Å². The predicted octanol–water partition coefficient (Wildman–Crippen LogP) is 3.04. The second kappa shape index (κ2) is 3.48. The van der Waals surface area contributed by atoms with E-state index in [-0.39, 0.29) is 0 Å². The zero-order valence-corrected chi connectivity index (χ0v) is 9.17. The number of hydrogen-bond donors (Lipinski definition) is 0. The lowest BCUT2D eigenvalue weighted by Gasteiger charge is -2.10. The van der Waals surface area contributed by atoms with Crippen LogP contribution >= 0.6 is 11.8 Å². The van der Waals surface area contributed by atoms with Crippen LogP contribution < -0.4 is 0 Å². The first kappa shape index (κ1) is 9.59. The van der Waals surface area contributed by atoms with Gasteiger partial charge >= 0.3 is 0 Å². The number of pyridine rings is 1. The maximum atomic E-state index is 4.51. The quantitative estimate of drug-likeness (QED) is 0.618. The van der Waals surface area contributed by atoms with E-state index in [1.807, 2.05) is 0 Å². The lowest BCUT2D eigenvalue weighted by atomic mass is 10.1. The van der Waals surface area contributed by atoms with Crippen molar-refractivity contribution in [3.63, 3.8) is 0 Å². The summed E-state index contributed by atoms with van der Waals surface area (Å²) in [5, 5.41) is 1.16. The minimum Gasteiger partial charge on any atom is -0.246 e. The van der Waals surface area contributed by atoms with Crippen LogP contribution in [-0.4, -0.2) is 11.2 Å². The maximum Gasteiger partial charge on any atom is 0.0992 e. The van der Waals surface area contributed by atoms with Gasteiger partial charge in [-0.2, -0.15) is 0 Å². The van der Waals surface area contributed by atoms with Gasteiger partial charge in [0.05, 0.1) is 5.03 Å². The van der Waals surface area contributed by atoms with Gasteiger partial charge in [-0.15, -0.1) is 11.8 Å². The van der Waals surface area contributed by atoms with Gasteiger partial charge in [0.1, 0.15) is 0 Å². The highest BCUT2D eigenvalue weighted by Gasteiger charge is 2.06. The van der Waals surface area contributed by atoms with Gasteiger partial charge in [0.15, 0.2) is 0 Å². The first-order valence-corrected chi connectivity index (χ1v) is 5.28. The number of nitrogens with zero attached hydrogens (tertiary/aromatic N) is 1. The summed E-state index contributed by atoms with van der Waals surface area (Å²) in [6, 6.07) is 0. The zero-order chi connectivity index (χ0) is 9.30. The number of thioether (sulfide) groups is 1. The van der Waals surface area contributed by atoms with E-state index in [9.17, 15) is 0 Å². The Morgan fingerprint density at radius 2 is 1.50 bits per heavy atom. The Hall–Kier alpha value is -0.500. The van der Waals surface area contributed by atoms with Crippen molar-refractivity contribution in [2.45, 2.75) is 32.7 Å². The SMILES string of the molecule is CSc1nc(C)c(C)c(C)c1C. The van der Waals surface area contributed by atoms with Gasteiger partial charge in [-0.25, -0.2) is 4.98 Å². The molecule has 2 heteroatoms. The van der Waals surface area contributed by atoms with Crippen molar-refractivity contribution in [2.75, 3.05) is 6.26 Å². The second-order valence-corrected chi connectivity index (χ2v) is 3.88. The Labute approximate surface area is 78.6 Å². The molecule has 0 aliphatic carbocycles. The van der Waals surface area contributed by atoms with Gasteiger partial charge in [0.2, 0.25) is 0 Å². The third kappa shape index (κ3) is 1.48. The number of aromatic nitrogens is 1. The highest BCUT2D eigenvalue weighted by molar-refractivity contribution is 7.98. The average molecular weight is 181 g/mol. The Morgan fingerprint density at radius 3 is 2.00 bits per heavy atom. The molecule has 0 radical (unpaired) electrons. The third-order valence-corrected chi connectivity index (χ3v) is 3.24. The summed E-state index contributed by atoms with van der Waals surface area (Å²) in [6.07, 6.45) is 2.07. The van der Waals surface area contributed by atoms with E-state index in [1.54, 1.807) is 11.8 Å². The minimum atomic E-state index is 1.16. The average Bonchev–Trinajstić information content (AvgIpc) is 2.08. The Balaban J connectivity index is 3.39. The van der Waals surface area contributed by atoms with E-state index in [4.69, 9.17) is 0 Å². The van der Waals surface area contributed by atoms with E-state index >= 15 is 0 Å². The van der Waals surface area contributed by atoms with Crippen molar-refractivity contribution in [2.24, 2.45) is 0 Å². The molecular weight excluding hydrogens is 166 g/mol. The van der Waals surface area contributed by atoms with Crippen molar-refractivity contribution < 1.29 is 0 Å². The molecule has 0 unspecified atom stereocenters. The fraction of sp³-hybridized carbons (Fsp3) is 0.500. The first-order valence-electron chi connectivity index (χ1n) is 4.06. The zero-order valence-electron chi connectivity index (χ0n) is 8.36. The van der Waals surface area contributed by atoms with Crippen molar-refractivity contribution in [1.82, 2.24) is 4.98 Å². The molecule has 1 aromatic heterocycles. The molecule has 0 spiro atoms. The van der Waals surface area contributed by atoms with E-state index in [2.05, 4.69) is 38.9 Å². The molecule has 0 fully saturated rings. The lowest BCUT2D eigenvalue weighted by molar-refractivity contribution is 0.979. The van der Waals surface area contributed by atoms with Gasteiger partial charge in [-0.3, -0.25) is 0 Å². The van der Waals surface area contributed by atoms with Crippen LogP contribution in [-0.2, 0) is 0 Å². The monoisotopic (exact) mass is 181 g/mol. The second-order valence-electron chi connectivity index (χ2n) is 3.08. The van der Waals surface area contributed by atoms with Crippen LogP contribution in [0.15, 0.2) is 5.03 Å². The molecule has 0 N–H and O–H groups in total. The Morgan fingerprint density at radius 1 is 0.917 bits per heavy atom. The molecule has 1 aromatic rings. The summed E-state index contributed by atoms with van der Waals surface area (Å²) in [7, 11) is 0. The van der Waals surface area contributed by atoms with Crippen LogP contribution in [0.1, 0.15) is 22.4 Å². The van der Waals surface area contributed by atoms with Gasteiger partial charge < -0.3 is 0 Å². The number of aryl methyl sites for hydroxylation is 1. The summed E-state index contributed by atoms with van der Waals surface area (Å²) >= 11 is 1.72. The third-order valence-electron chi connectivity index (χ3n) is 2.45. The fourth-order valence-electron chi connectivity index (χ4n) is 1.23. The highest BCUT2D eigenvalue weighted by Crippen LogP contribution is 2.23. The molecule has 1 heterocycles. The van der Waals surface area contributed by atoms with Crippen LogP contribution in [0.2, 0.25) is 0 Å². The van der Waals surface area contributed by atoms with E-state index in [0.717, 1.165) is 10.7 Å². The number of rotatable bonds is 1. The molecule has 0 bridgehead atoms. The molecule has 1 nitrogen and oxygen atoms in total. The van der Waals surface area contributed by atoms with Crippen LogP contribution in [0.5, 0.6) is 0 Å². The van der Waals surface area contributed by atoms with E-state index in [1.165, 1.54) is 16.7 Å². The van der Waals surface area contributed by atoms with E-state index in [0.29, 0.717) is 0 Å². The van der Waals surface area contributed by atoms with Crippen LogP contribution in [0.25, 0.3) is 0 Å². The molecule has 0 amide bonds. The largest absolute Gasteiger partial charge is 0.246 e. The molecular formula is C10H15NS. The van der Waals surface area contributed by atoms with Crippen molar-refractivity contribution in [3.05, 3.63) is 22.4 Å². The molecule has 12 heavy (non-hydrogen) atoms. The van der Waals surface area contributed by atoms with E-state index < -0.39 is 0 Å². The summed E-state index contributed by atoms with van der Waals surface area (Å²) in [4.78, 5) is 4.51. The highest BCUT2D eigenvalue weighted by atomic mass is 32.2. The predicted molar refractivity (Wildman–Crippen MR) is 55.0 cm³/mol. The Bertz CT molecular complexity index is 305. The molecule has 0 aromatic carbocycles. The lowest BCUT2D eigenvalue weighted by Crippen LogP contribution is -1.97. The summed E-state index contributed by atoms with van der Waals surface area (Å²) in [5.41, 5.74) is 5.19. The smallest absolute Gasteiger partial charge is 0.0992 e. The van der Waals surface area contributed by atoms with Gasteiger partial charge in [-0.1, -0.05) is 0 Å². The molecule has 0 atom stereocenters. The van der Waals surface area contributed by atoms with Crippen molar-refractivity contribution >= 4 is 11.8 Å². The minimum absolute atomic E-state index is 1.16. The summed E-state index contributed by atoms with van der Waals surface area (Å²) < 4.78 is 0. The first-order chi connectivity index (χ1) is 5.57. The van der Waals surface area contributed by atoms with Gasteiger partial charge in [0.25, 0.3) is 0 Å². The Kier molecular flexibility index (Phi) is 2.78. The van der Waals surface area contributed by atoms with Crippen LogP contribution in [0, 0.1) is 27.7 Å². The molecule has 0 saturated carbocycles. The topological polar surface area (TPSA) is 12.9 Å². The maximum absolute atomic E-state index is 4.51. The normalized spacial score (nSPS) is 10.4. The molecule has 1 rings (SSSR count). The van der Waals surface area contributed by atoms with Gasteiger partial charge in [0, 0.05) is 5.69 Å².